The molecule has 0 fully saturated rings. The van der Waals surface area contributed by atoms with E-state index in [1.54, 1.807) is 13.0 Å². The van der Waals surface area contributed by atoms with E-state index < -0.39 is 6.09 Å². The zero-order valence-corrected chi connectivity index (χ0v) is 5.42. The molecule has 0 unspecified atom stereocenters. The molecule has 9 heavy (non-hydrogen) atoms. The topological polar surface area (TPSA) is 49.3 Å². The summed E-state index contributed by atoms with van der Waals surface area (Å²) >= 11 is 0. The van der Waals surface area contributed by atoms with Crippen molar-refractivity contribution in [3.63, 3.8) is 0 Å². The lowest BCUT2D eigenvalue weighted by atomic mass is 10.2. The van der Waals surface area contributed by atoms with Crippen molar-refractivity contribution >= 4 is 6.09 Å². The van der Waals surface area contributed by atoms with Crippen molar-refractivity contribution in [2.45, 2.75) is 19.4 Å². The molecule has 0 aromatic heterocycles. The van der Waals surface area contributed by atoms with Crippen LogP contribution >= 0.6 is 0 Å². The smallest absolute Gasteiger partial charge is 0.404 e. The van der Waals surface area contributed by atoms with E-state index in [1.165, 1.54) is 0 Å². The minimum atomic E-state index is -0.982. The van der Waals surface area contributed by atoms with E-state index in [0.29, 0.717) is 6.42 Å². The summed E-state index contributed by atoms with van der Waals surface area (Å²) < 4.78 is 0. The van der Waals surface area contributed by atoms with Crippen molar-refractivity contribution in [2.24, 2.45) is 0 Å². The Kier molecular flexibility index (Phi) is 3.51. The first-order valence-corrected chi connectivity index (χ1v) is 2.77. The van der Waals surface area contributed by atoms with Gasteiger partial charge >= 0.3 is 6.09 Å². The van der Waals surface area contributed by atoms with Gasteiger partial charge in [0.1, 0.15) is 0 Å². The van der Waals surface area contributed by atoms with E-state index in [0.717, 1.165) is 0 Å². The monoisotopic (exact) mass is 129 g/mol. The predicted octanol–water partition coefficient (Wildman–Crippen LogP) is 1.22. The van der Waals surface area contributed by atoms with Crippen LogP contribution in [0.2, 0.25) is 0 Å². The summed E-state index contributed by atoms with van der Waals surface area (Å²) in [5.74, 6) is 0. The Hall–Kier alpha value is -0.990. The Bertz CT molecular complexity index is 112. The molecule has 1 amide bonds. The highest BCUT2D eigenvalue weighted by atomic mass is 16.4. The molecule has 0 aliphatic heterocycles. The van der Waals surface area contributed by atoms with Crippen LogP contribution in [0.3, 0.4) is 0 Å². The summed E-state index contributed by atoms with van der Waals surface area (Å²) in [6.45, 7) is 5.26. The van der Waals surface area contributed by atoms with Crippen LogP contribution < -0.4 is 5.32 Å². The molecule has 0 spiro atoms. The normalized spacial score (nSPS) is 12.1. The van der Waals surface area contributed by atoms with Crippen LogP contribution in [-0.4, -0.2) is 17.2 Å². The summed E-state index contributed by atoms with van der Waals surface area (Å²) in [5, 5.41) is 10.5. The summed E-state index contributed by atoms with van der Waals surface area (Å²) in [5.41, 5.74) is 0. The van der Waals surface area contributed by atoms with Gasteiger partial charge in [-0.25, -0.2) is 4.79 Å². The van der Waals surface area contributed by atoms with Gasteiger partial charge in [0.05, 0.1) is 0 Å². The standard InChI is InChI=1S/C6H11NO2/c1-3-4-5(2)7-6(8)9/h3,5,7H,1,4H2,2H3,(H,8,9)/t5-/m0/s1. The maximum atomic E-state index is 9.94. The fourth-order valence-electron chi connectivity index (χ4n) is 0.520. The van der Waals surface area contributed by atoms with Crippen LogP contribution in [0.15, 0.2) is 12.7 Å². The van der Waals surface area contributed by atoms with Gasteiger partial charge in [-0.15, -0.1) is 6.58 Å². The van der Waals surface area contributed by atoms with Crippen molar-refractivity contribution in [3.05, 3.63) is 12.7 Å². The Morgan fingerprint density at radius 2 is 2.56 bits per heavy atom. The lowest BCUT2D eigenvalue weighted by Gasteiger charge is -2.06. The van der Waals surface area contributed by atoms with E-state index >= 15 is 0 Å². The highest BCUT2D eigenvalue weighted by molar-refractivity contribution is 5.64. The van der Waals surface area contributed by atoms with Gasteiger partial charge in [0.15, 0.2) is 0 Å². The lowest BCUT2D eigenvalue weighted by Crippen LogP contribution is -2.30. The fourth-order valence-corrected chi connectivity index (χ4v) is 0.520. The van der Waals surface area contributed by atoms with Crippen molar-refractivity contribution < 1.29 is 9.90 Å². The number of carboxylic acid groups (broad SMARTS) is 1. The van der Waals surface area contributed by atoms with Gasteiger partial charge in [-0.2, -0.15) is 0 Å². The van der Waals surface area contributed by atoms with Crippen molar-refractivity contribution in [1.82, 2.24) is 5.32 Å². The molecule has 52 valence electrons. The van der Waals surface area contributed by atoms with Gasteiger partial charge in [-0.05, 0) is 13.3 Å². The number of amides is 1. The van der Waals surface area contributed by atoms with E-state index in [4.69, 9.17) is 5.11 Å². The van der Waals surface area contributed by atoms with Gasteiger partial charge in [0.2, 0.25) is 0 Å². The highest BCUT2D eigenvalue weighted by Crippen LogP contribution is 1.88. The molecule has 0 saturated carbocycles. The first-order valence-electron chi connectivity index (χ1n) is 2.77. The van der Waals surface area contributed by atoms with Gasteiger partial charge in [-0.3, -0.25) is 0 Å². The SMILES string of the molecule is C=CC[C@H](C)NC(=O)O. The Morgan fingerprint density at radius 3 is 2.89 bits per heavy atom. The molecule has 0 bridgehead atoms. The minimum Gasteiger partial charge on any atom is -0.465 e. The van der Waals surface area contributed by atoms with E-state index in [-0.39, 0.29) is 6.04 Å². The second-order valence-corrected chi connectivity index (χ2v) is 1.87. The van der Waals surface area contributed by atoms with Crippen LogP contribution in [0, 0.1) is 0 Å². The fraction of sp³-hybridized carbons (Fsp3) is 0.500. The van der Waals surface area contributed by atoms with E-state index in [1.807, 2.05) is 0 Å². The number of carbonyl (C=O) groups is 1. The van der Waals surface area contributed by atoms with Crippen LogP contribution in [0.25, 0.3) is 0 Å². The van der Waals surface area contributed by atoms with Crippen LogP contribution in [0.1, 0.15) is 13.3 Å². The highest BCUT2D eigenvalue weighted by Gasteiger charge is 2.00. The summed E-state index contributed by atoms with van der Waals surface area (Å²) in [4.78, 5) is 9.94. The maximum absolute atomic E-state index is 9.94. The molecule has 0 aromatic carbocycles. The largest absolute Gasteiger partial charge is 0.465 e. The molecule has 3 nitrogen and oxygen atoms in total. The van der Waals surface area contributed by atoms with E-state index in [2.05, 4.69) is 11.9 Å². The summed E-state index contributed by atoms with van der Waals surface area (Å²) in [6, 6.07) is -0.0278. The summed E-state index contributed by atoms with van der Waals surface area (Å²) in [7, 11) is 0. The molecule has 0 heterocycles. The van der Waals surface area contributed by atoms with Gasteiger partial charge in [0, 0.05) is 6.04 Å². The summed E-state index contributed by atoms with van der Waals surface area (Å²) in [6.07, 6.45) is 1.37. The van der Waals surface area contributed by atoms with E-state index in [9.17, 15) is 4.79 Å². The predicted molar refractivity (Wildman–Crippen MR) is 35.4 cm³/mol. The van der Waals surface area contributed by atoms with Crippen molar-refractivity contribution in [1.29, 1.82) is 0 Å². The second-order valence-electron chi connectivity index (χ2n) is 1.87. The first kappa shape index (κ1) is 8.01. The molecule has 0 aromatic rings. The van der Waals surface area contributed by atoms with Crippen molar-refractivity contribution in [2.75, 3.05) is 0 Å². The molecule has 0 aliphatic carbocycles. The van der Waals surface area contributed by atoms with Crippen LogP contribution in [0.4, 0.5) is 4.79 Å². The van der Waals surface area contributed by atoms with Gasteiger partial charge in [0.25, 0.3) is 0 Å². The number of nitrogens with one attached hydrogen (secondary N) is 1. The Labute approximate surface area is 54.4 Å². The van der Waals surface area contributed by atoms with Crippen LogP contribution in [-0.2, 0) is 0 Å². The van der Waals surface area contributed by atoms with Gasteiger partial charge < -0.3 is 10.4 Å². The molecule has 0 saturated heterocycles. The molecule has 3 heteroatoms. The lowest BCUT2D eigenvalue weighted by molar-refractivity contribution is 0.191. The second kappa shape index (κ2) is 3.95. The third-order valence-electron chi connectivity index (χ3n) is 0.890. The first-order chi connectivity index (χ1) is 4.16. The third kappa shape index (κ3) is 4.87. The molecular formula is C6H11NO2. The zero-order chi connectivity index (χ0) is 7.28. The third-order valence-corrected chi connectivity index (χ3v) is 0.890. The molecule has 1 atom stereocenters. The molecule has 0 radical (unpaired) electrons. The minimum absolute atomic E-state index is 0.0278. The maximum Gasteiger partial charge on any atom is 0.404 e. The zero-order valence-electron chi connectivity index (χ0n) is 5.42. The molecular weight excluding hydrogens is 118 g/mol. The number of hydrogen-bond acceptors (Lipinski definition) is 1. The molecule has 2 N–H and O–H groups in total. The van der Waals surface area contributed by atoms with Gasteiger partial charge in [-0.1, -0.05) is 6.08 Å². The Morgan fingerprint density at radius 1 is 2.00 bits per heavy atom. The number of rotatable bonds is 3. The average molecular weight is 129 g/mol. The molecule has 0 aliphatic rings. The van der Waals surface area contributed by atoms with Crippen LogP contribution in [0.5, 0.6) is 0 Å². The quantitative estimate of drug-likeness (QED) is 0.563. The van der Waals surface area contributed by atoms with Crippen molar-refractivity contribution in [3.8, 4) is 0 Å². The average Bonchev–Trinajstić information content (AvgIpc) is 1.63. The number of hydrogen-bond donors (Lipinski definition) is 2. The molecule has 0 rings (SSSR count). The Balaban J connectivity index is 3.37.